The summed E-state index contributed by atoms with van der Waals surface area (Å²) in [6.45, 7) is 4.19. The summed E-state index contributed by atoms with van der Waals surface area (Å²) < 4.78 is 16.4. The van der Waals surface area contributed by atoms with E-state index in [4.69, 9.17) is 13.4 Å². The van der Waals surface area contributed by atoms with E-state index in [0.717, 1.165) is 11.1 Å². The first-order valence-electron chi connectivity index (χ1n) is 6.55. The van der Waals surface area contributed by atoms with Crippen LogP contribution in [-0.2, 0) is 13.0 Å². The van der Waals surface area contributed by atoms with E-state index < -0.39 is 5.76 Å². The van der Waals surface area contributed by atoms with Crippen LogP contribution in [0, 0.1) is 5.92 Å². The molecule has 8 heteroatoms. The van der Waals surface area contributed by atoms with Gasteiger partial charge < -0.3 is 13.4 Å². The van der Waals surface area contributed by atoms with Gasteiger partial charge in [-0.25, -0.2) is 4.79 Å². The maximum absolute atomic E-state index is 11.7. The molecule has 0 atom stereocenters. The van der Waals surface area contributed by atoms with Gasteiger partial charge in [0.2, 0.25) is 5.89 Å². The minimum Gasteiger partial charge on any atom is -0.459 e. The van der Waals surface area contributed by atoms with Gasteiger partial charge in [-0.05, 0) is 18.1 Å². The van der Waals surface area contributed by atoms with Gasteiger partial charge in [-0.3, -0.25) is 0 Å². The Hall–Kier alpha value is -2.64. The molecule has 0 fully saturated rings. The molecular formula is C13H14N4O4. The van der Waals surface area contributed by atoms with Crippen molar-refractivity contribution in [3.05, 3.63) is 40.7 Å². The zero-order valence-corrected chi connectivity index (χ0v) is 11.6. The number of hydrogen-bond donors (Lipinski definition) is 0. The van der Waals surface area contributed by atoms with Crippen LogP contribution in [0.5, 0.6) is 0 Å². The van der Waals surface area contributed by atoms with Crippen molar-refractivity contribution in [3.8, 4) is 11.7 Å². The van der Waals surface area contributed by atoms with E-state index in [1.54, 1.807) is 12.1 Å². The highest BCUT2D eigenvalue weighted by Gasteiger charge is 2.15. The van der Waals surface area contributed by atoms with Crippen molar-refractivity contribution in [2.24, 2.45) is 5.92 Å². The third-order valence-electron chi connectivity index (χ3n) is 2.72. The molecular weight excluding hydrogens is 276 g/mol. The topological polar surface area (TPSA) is 100 Å². The summed E-state index contributed by atoms with van der Waals surface area (Å²) in [4.78, 5) is 15.9. The molecule has 0 saturated carbocycles. The Labute approximate surface area is 119 Å². The highest BCUT2D eigenvalue weighted by molar-refractivity contribution is 5.42. The third-order valence-corrected chi connectivity index (χ3v) is 2.72. The minimum absolute atomic E-state index is 0.0636. The molecule has 0 aromatic carbocycles. The standard InChI is InChI=1S/C13H14N4O4/c1-8(2)6-10-14-11(21-16-10)7-17-13(18)20-12(15-17)9-4-3-5-19-9/h3-5,8H,6-7H2,1-2H3. The van der Waals surface area contributed by atoms with Gasteiger partial charge in [0.15, 0.2) is 11.6 Å². The molecule has 0 N–H and O–H groups in total. The van der Waals surface area contributed by atoms with Crippen LogP contribution in [0.3, 0.4) is 0 Å². The van der Waals surface area contributed by atoms with Crippen LogP contribution in [-0.4, -0.2) is 19.9 Å². The normalized spacial score (nSPS) is 11.4. The van der Waals surface area contributed by atoms with Crippen molar-refractivity contribution in [2.75, 3.05) is 0 Å². The van der Waals surface area contributed by atoms with E-state index in [1.807, 2.05) is 0 Å². The second-order valence-electron chi connectivity index (χ2n) is 5.01. The molecule has 0 aliphatic heterocycles. The fraction of sp³-hybridized carbons (Fsp3) is 0.385. The molecule has 0 aliphatic rings. The largest absolute Gasteiger partial charge is 0.459 e. The number of aromatic nitrogens is 4. The molecule has 0 aliphatic carbocycles. The molecule has 0 bridgehead atoms. The molecule has 110 valence electrons. The van der Waals surface area contributed by atoms with E-state index in [2.05, 4.69) is 29.1 Å². The van der Waals surface area contributed by atoms with Crippen LogP contribution < -0.4 is 5.76 Å². The zero-order chi connectivity index (χ0) is 14.8. The Kier molecular flexibility index (Phi) is 3.43. The molecule has 0 saturated heterocycles. The quantitative estimate of drug-likeness (QED) is 0.705. The highest BCUT2D eigenvalue weighted by Crippen LogP contribution is 2.15. The third kappa shape index (κ3) is 2.93. The van der Waals surface area contributed by atoms with E-state index in [1.165, 1.54) is 6.26 Å². The second-order valence-corrected chi connectivity index (χ2v) is 5.01. The number of nitrogens with zero attached hydrogens (tertiary/aromatic N) is 4. The van der Waals surface area contributed by atoms with E-state index >= 15 is 0 Å². The Balaban J connectivity index is 1.79. The van der Waals surface area contributed by atoms with Gasteiger partial charge in [0, 0.05) is 6.42 Å². The molecule has 0 radical (unpaired) electrons. The lowest BCUT2D eigenvalue weighted by Gasteiger charge is -1.96. The summed E-state index contributed by atoms with van der Waals surface area (Å²) in [5, 5.41) is 7.89. The highest BCUT2D eigenvalue weighted by atomic mass is 16.5. The lowest BCUT2D eigenvalue weighted by molar-refractivity contribution is 0.354. The molecule has 3 aromatic heterocycles. The van der Waals surface area contributed by atoms with Crippen LogP contribution in [0.15, 0.2) is 36.5 Å². The van der Waals surface area contributed by atoms with Crippen molar-refractivity contribution >= 4 is 0 Å². The molecule has 8 nitrogen and oxygen atoms in total. The predicted molar refractivity (Wildman–Crippen MR) is 70.4 cm³/mol. The lowest BCUT2D eigenvalue weighted by atomic mass is 10.1. The smallest absolute Gasteiger partial charge is 0.437 e. The van der Waals surface area contributed by atoms with Crippen LogP contribution in [0.2, 0.25) is 0 Å². The van der Waals surface area contributed by atoms with E-state index in [9.17, 15) is 4.79 Å². The monoisotopic (exact) mass is 290 g/mol. The first-order chi connectivity index (χ1) is 10.1. The Morgan fingerprint density at radius 3 is 2.95 bits per heavy atom. The van der Waals surface area contributed by atoms with Crippen LogP contribution >= 0.6 is 0 Å². The minimum atomic E-state index is -0.606. The van der Waals surface area contributed by atoms with Crippen LogP contribution in [0.4, 0.5) is 0 Å². The molecule has 3 heterocycles. The molecule has 0 unspecified atom stereocenters. The molecule has 0 spiro atoms. The number of hydrogen-bond acceptors (Lipinski definition) is 7. The Morgan fingerprint density at radius 2 is 2.24 bits per heavy atom. The lowest BCUT2D eigenvalue weighted by Crippen LogP contribution is -2.16. The van der Waals surface area contributed by atoms with Gasteiger partial charge in [0.1, 0.15) is 6.54 Å². The first-order valence-corrected chi connectivity index (χ1v) is 6.55. The average Bonchev–Trinajstić information content (AvgIpc) is 3.11. The van der Waals surface area contributed by atoms with Crippen molar-refractivity contribution < 1.29 is 13.4 Å². The fourth-order valence-corrected chi connectivity index (χ4v) is 1.84. The summed E-state index contributed by atoms with van der Waals surface area (Å²) >= 11 is 0. The van der Waals surface area contributed by atoms with Gasteiger partial charge in [0.05, 0.1) is 6.26 Å². The zero-order valence-electron chi connectivity index (χ0n) is 11.6. The van der Waals surface area contributed by atoms with Gasteiger partial charge in [-0.1, -0.05) is 19.0 Å². The van der Waals surface area contributed by atoms with Crippen molar-refractivity contribution in [3.63, 3.8) is 0 Å². The Bertz CT molecular complexity index is 766. The average molecular weight is 290 g/mol. The summed E-state index contributed by atoms with van der Waals surface area (Å²) in [5.41, 5.74) is 0. The van der Waals surface area contributed by atoms with Gasteiger partial charge in [-0.15, -0.1) is 5.10 Å². The predicted octanol–water partition coefficient (Wildman–Crippen LogP) is 1.73. The van der Waals surface area contributed by atoms with Crippen molar-refractivity contribution in [2.45, 2.75) is 26.8 Å². The summed E-state index contributed by atoms with van der Waals surface area (Å²) in [5.74, 6) is 1.25. The van der Waals surface area contributed by atoms with E-state index in [-0.39, 0.29) is 12.4 Å². The SMILES string of the molecule is CC(C)Cc1noc(Cn2nc(-c3ccco3)oc2=O)n1. The van der Waals surface area contributed by atoms with Gasteiger partial charge in [0.25, 0.3) is 5.89 Å². The maximum Gasteiger partial charge on any atom is 0.437 e. The maximum atomic E-state index is 11.7. The van der Waals surface area contributed by atoms with Crippen LogP contribution in [0.1, 0.15) is 25.6 Å². The first kappa shape index (κ1) is 13.3. The van der Waals surface area contributed by atoms with Gasteiger partial charge in [-0.2, -0.15) is 9.67 Å². The Morgan fingerprint density at radius 1 is 1.38 bits per heavy atom. The summed E-state index contributed by atoms with van der Waals surface area (Å²) in [6, 6.07) is 3.34. The van der Waals surface area contributed by atoms with Crippen molar-refractivity contribution in [1.82, 2.24) is 19.9 Å². The number of furan rings is 1. The van der Waals surface area contributed by atoms with Crippen LogP contribution in [0.25, 0.3) is 11.7 Å². The second kappa shape index (κ2) is 5.39. The number of rotatable bonds is 5. The summed E-state index contributed by atoms with van der Waals surface area (Å²) in [7, 11) is 0. The summed E-state index contributed by atoms with van der Waals surface area (Å²) in [6.07, 6.45) is 2.19. The molecule has 0 amide bonds. The van der Waals surface area contributed by atoms with E-state index in [0.29, 0.717) is 23.4 Å². The molecule has 21 heavy (non-hydrogen) atoms. The van der Waals surface area contributed by atoms with Crippen molar-refractivity contribution in [1.29, 1.82) is 0 Å². The molecule has 3 rings (SSSR count). The molecule has 3 aromatic rings. The van der Waals surface area contributed by atoms with Gasteiger partial charge >= 0.3 is 5.76 Å². The fourth-order valence-electron chi connectivity index (χ4n) is 1.84.